The smallest absolute Gasteiger partial charge is 0.321 e. The van der Waals surface area contributed by atoms with Gasteiger partial charge in [0.2, 0.25) is 10.0 Å². The number of amides is 2. The number of carbonyl (C=O) groups is 1. The average molecular weight is 556 g/mol. The maximum Gasteiger partial charge on any atom is 0.321 e. The number of rotatable bonds is 5. The number of benzene rings is 2. The van der Waals surface area contributed by atoms with Gasteiger partial charge in [0, 0.05) is 36.8 Å². The van der Waals surface area contributed by atoms with Crippen molar-refractivity contribution in [3.05, 3.63) is 54.1 Å². The van der Waals surface area contributed by atoms with Crippen LogP contribution in [0.25, 0.3) is 0 Å². The van der Waals surface area contributed by atoms with Crippen LogP contribution in [0.2, 0.25) is 0 Å². The van der Waals surface area contributed by atoms with Gasteiger partial charge in [0.1, 0.15) is 22.4 Å². The number of carbonyl (C=O) groups excluding carboxylic acids is 1. The number of aliphatic hydroxyl groups excluding tert-OH is 1. The van der Waals surface area contributed by atoms with E-state index in [4.69, 9.17) is 4.74 Å². The largest absolute Gasteiger partial charge is 0.487 e. The highest BCUT2D eigenvalue weighted by molar-refractivity contribution is 7.89. The topological polar surface area (TPSA) is 119 Å². The van der Waals surface area contributed by atoms with Crippen LogP contribution in [-0.4, -0.2) is 78.4 Å². The summed E-state index contributed by atoms with van der Waals surface area (Å²) >= 11 is 0. The fraction of sp³-hybridized carbons (Fsp3) is 0.483. The molecule has 3 atom stereocenters. The van der Waals surface area contributed by atoms with Crippen LogP contribution in [0.3, 0.4) is 0 Å². The fourth-order valence-electron chi connectivity index (χ4n) is 4.89. The van der Waals surface area contributed by atoms with Crippen LogP contribution < -0.4 is 10.1 Å². The molecule has 2 aromatic rings. The molecule has 1 aliphatic carbocycles. The van der Waals surface area contributed by atoms with E-state index in [1.54, 1.807) is 38.2 Å². The molecule has 2 aliphatic rings. The lowest BCUT2D eigenvalue weighted by atomic mass is 10.0. The molecule has 0 unspecified atom stereocenters. The molecule has 1 aliphatic heterocycles. The minimum Gasteiger partial charge on any atom is -0.487 e. The van der Waals surface area contributed by atoms with Crippen LogP contribution in [0.1, 0.15) is 45.1 Å². The van der Waals surface area contributed by atoms with Gasteiger partial charge in [0.05, 0.1) is 13.2 Å². The molecule has 2 aromatic carbocycles. The van der Waals surface area contributed by atoms with Gasteiger partial charge in [-0.2, -0.15) is 4.31 Å². The Labute approximate surface area is 230 Å². The lowest BCUT2D eigenvalue weighted by Gasteiger charge is -2.37. The zero-order chi connectivity index (χ0) is 28.2. The van der Waals surface area contributed by atoms with Gasteiger partial charge >= 0.3 is 6.03 Å². The van der Waals surface area contributed by atoms with E-state index >= 15 is 0 Å². The standard InChI is InChI=1S/C29H37N3O6S/c1-21-18-32(22(2)20-33)39(36,37)27-12-11-23(13-16-29(35)14-7-8-15-29)17-25(27)38-26(21)19-31(3)28(34)30-24-9-5-4-6-10-24/h4-6,9-12,17,21-22,26,33,35H,7-8,14-15,18-20H2,1-3H3,(H,30,34)/t21-,22-,26+/m1/s1. The number of aliphatic hydroxyl groups is 2. The summed E-state index contributed by atoms with van der Waals surface area (Å²) in [6, 6.07) is 12.8. The monoisotopic (exact) mass is 555 g/mol. The van der Waals surface area contributed by atoms with Gasteiger partial charge in [-0.3, -0.25) is 0 Å². The molecule has 39 heavy (non-hydrogen) atoms. The third-order valence-corrected chi connectivity index (χ3v) is 9.38. The van der Waals surface area contributed by atoms with Gasteiger partial charge in [-0.25, -0.2) is 13.2 Å². The number of nitrogens with zero attached hydrogens (tertiary/aromatic N) is 2. The highest BCUT2D eigenvalue weighted by atomic mass is 32.2. The van der Waals surface area contributed by atoms with Crippen molar-refractivity contribution in [1.29, 1.82) is 0 Å². The molecule has 0 saturated heterocycles. The Bertz CT molecular complexity index is 1330. The van der Waals surface area contributed by atoms with Crippen molar-refractivity contribution in [2.75, 3.05) is 32.1 Å². The Morgan fingerprint density at radius 1 is 1.23 bits per heavy atom. The zero-order valence-electron chi connectivity index (χ0n) is 22.6. The molecular formula is C29H37N3O6S. The number of fused-ring (bicyclic) bond motifs is 1. The summed E-state index contributed by atoms with van der Waals surface area (Å²) in [5.41, 5.74) is 0.150. The SMILES string of the molecule is C[C@@H]1CN([C@H](C)CO)S(=O)(=O)c2ccc(C#CC3(O)CCCC3)cc2O[C@H]1CN(C)C(=O)Nc1ccccc1. The summed E-state index contributed by atoms with van der Waals surface area (Å²) in [7, 11) is -2.34. The van der Waals surface area contributed by atoms with E-state index in [9.17, 15) is 23.4 Å². The molecule has 1 saturated carbocycles. The van der Waals surface area contributed by atoms with E-state index < -0.39 is 27.8 Å². The molecule has 9 nitrogen and oxygen atoms in total. The van der Waals surface area contributed by atoms with E-state index in [1.165, 1.54) is 15.3 Å². The molecule has 0 bridgehead atoms. The van der Waals surface area contributed by atoms with Crippen LogP contribution in [-0.2, 0) is 10.0 Å². The van der Waals surface area contributed by atoms with Crippen molar-refractivity contribution in [3.8, 4) is 17.6 Å². The number of para-hydroxylation sites is 1. The minimum atomic E-state index is -4.00. The van der Waals surface area contributed by atoms with Gasteiger partial charge in [-0.1, -0.05) is 37.0 Å². The second-order valence-corrected chi connectivity index (χ2v) is 12.4. The molecule has 3 N–H and O–H groups in total. The van der Waals surface area contributed by atoms with Gasteiger partial charge in [-0.15, -0.1) is 0 Å². The summed E-state index contributed by atoms with van der Waals surface area (Å²) < 4.78 is 35.0. The Hall–Kier alpha value is -3.10. The summed E-state index contributed by atoms with van der Waals surface area (Å²) in [6.45, 7) is 3.48. The molecule has 0 spiro atoms. The first kappa shape index (κ1) is 28.9. The zero-order valence-corrected chi connectivity index (χ0v) is 23.4. The van der Waals surface area contributed by atoms with Crippen molar-refractivity contribution >= 4 is 21.7 Å². The maximum atomic E-state index is 13.7. The minimum absolute atomic E-state index is 0.0266. The molecule has 4 rings (SSSR count). The van der Waals surface area contributed by atoms with Gasteiger partial charge < -0.3 is 25.2 Å². The lowest BCUT2D eigenvalue weighted by molar-refractivity contribution is 0.0830. The molecular weight excluding hydrogens is 518 g/mol. The van der Waals surface area contributed by atoms with Gasteiger partial charge in [-0.05, 0) is 62.9 Å². The van der Waals surface area contributed by atoms with E-state index in [2.05, 4.69) is 17.2 Å². The number of nitrogens with one attached hydrogen (secondary N) is 1. The third kappa shape index (κ3) is 6.73. The predicted molar refractivity (Wildman–Crippen MR) is 149 cm³/mol. The molecule has 1 heterocycles. The van der Waals surface area contributed by atoms with Crippen LogP contribution in [0.5, 0.6) is 5.75 Å². The summed E-state index contributed by atoms with van der Waals surface area (Å²) in [5, 5.41) is 23.3. The Morgan fingerprint density at radius 3 is 2.59 bits per heavy atom. The van der Waals surface area contributed by atoms with Crippen molar-refractivity contribution in [1.82, 2.24) is 9.21 Å². The molecule has 1 fully saturated rings. The van der Waals surface area contributed by atoms with Gasteiger partial charge in [0.25, 0.3) is 0 Å². The second kappa shape index (κ2) is 12.0. The number of sulfonamides is 1. The normalized spacial score (nSPS) is 22.7. The van der Waals surface area contributed by atoms with E-state index in [1.807, 2.05) is 25.1 Å². The van der Waals surface area contributed by atoms with Crippen molar-refractivity contribution in [3.63, 3.8) is 0 Å². The first-order chi connectivity index (χ1) is 18.5. The highest BCUT2D eigenvalue weighted by Gasteiger charge is 2.38. The third-order valence-electron chi connectivity index (χ3n) is 7.36. The molecule has 0 radical (unpaired) electrons. The van der Waals surface area contributed by atoms with Crippen LogP contribution in [0, 0.1) is 17.8 Å². The number of likely N-dealkylation sites (N-methyl/N-ethyl adjacent to an activating group) is 1. The number of anilines is 1. The van der Waals surface area contributed by atoms with Crippen molar-refractivity contribution in [2.45, 2.75) is 62.2 Å². The highest BCUT2D eigenvalue weighted by Crippen LogP contribution is 2.34. The first-order valence-electron chi connectivity index (χ1n) is 13.3. The number of urea groups is 1. The second-order valence-electron chi connectivity index (χ2n) is 10.6. The quantitative estimate of drug-likeness (QED) is 0.488. The van der Waals surface area contributed by atoms with Crippen molar-refractivity contribution in [2.24, 2.45) is 5.92 Å². The van der Waals surface area contributed by atoms with Crippen LogP contribution in [0.4, 0.5) is 10.5 Å². The molecule has 10 heteroatoms. The van der Waals surface area contributed by atoms with Crippen molar-refractivity contribution < 1.29 is 28.2 Å². The summed E-state index contributed by atoms with van der Waals surface area (Å²) in [6.07, 6.45) is 2.50. The predicted octanol–water partition coefficient (Wildman–Crippen LogP) is 3.28. The Morgan fingerprint density at radius 2 is 1.92 bits per heavy atom. The number of hydrogen-bond donors (Lipinski definition) is 3. The fourth-order valence-corrected chi connectivity index (χ4v) is 6.71. The Balaban J connectivity index is 1.66. The average Bonchev–Trinajstić information content (AvgIpc) is 3.36. The summed E-state index contributed by atoms with van der Waals surface area (Å²) in [5.74, 6) is 5.76. The van der Waals surface area contributed by atoms with Crippen LogP contribution >= 0.6 is 0 Å². The summed E-state index contributed by atoms with van der Waals surface area (Å²) in [4.78, 5) is 14.4. The lowest BCUT2D eigenvalue weighted by Crippen LogP contribution is -2.50. The Kier molecular flexibility index (Phi) is 8.86. The van der Waals surface area contributed by atoms with Gasteiger partial charge in [0.15, 0.2) is 0 Å². The number of hydrogen-bond acceptors (Lipinski definition) is 6. The molecule has 0 aromatic heterocycles. The first-order valence-corrected chi connectivity index (χ1v) is 14.7. The molecule has 2 amide bonds. The van der Waals surface area contributed by atoms with E-state index in [0.717, 1.165) is 12.8 Å². The van der Waals surface area contributed by atoms with Crippen LogP contribution in [0.15, 0.2) is 53.4 Å². The van der Waals surface area contributed by atoms with E-state index in [-0.39, 0.29) is 42.3 Å². The number of ether oxygens (including phenoxy) is 1. The molecule has 210 valence electrons. The maximum absolute atomic E-state index is 13.7. The van der Waals surface area contributed by atoms with E-state index in [0.29, 0.717) is 24.1 Å².